The predicted molar refractivity (Wildman–Crippen MR) is 77.0 cm³/mol. The molecule has 19 heavy (non-hydrogen) atoms. The Hall–Kier alpha value is -1.77. The topological polar surface area (TPSA) is 41.1 Å². The summed E-state index contributed by atoms with van der Waals surface area (Å²) in [5.74, 6) is 0.739. The molecule has 1 aromatic carbocycles. The first-order valence-corrected chi connectivity index (χ1v) is 7.10. The second kappa shape index (κ2) is 5.47. The van der Waals surface area contributed by atoms with Gasteiger partial charge >= 0.3 is 0 Å². The van der Waals surface area contributed by atoms with E-state index < -0.39 is 0 Å². The Morgan fingerprint density at radius 1 is 1.32 bits per heavy atom. The van der Waals surface area contributed by atoms with Crippen molar-refractivity contribution in [2.75, 3.05) is 11.9 Å². The molecule has 3 nitrogen and oxygen atoms in total. The van der Waals surface area contributed by atoms with Crippen molar-refractivity contribution in [2.24, 2.45) is 5.92 Å². The van der Waals surface area contributed by atoms with Gasteiger partial charge < -0.3 is 10.6 Å². The van der Waals surface area contributed by atoms with Gasteiger partial charge in [0.2, 0.25) is 5.91 Å². The average molecular weight is 256 g/mol. The average Bonchev–Trinajstić information content (AvgIpc) is 2.90. The van der Waals surface area contributed by atoms with Crippen LogP contribution < -0.4 is 10.6 Å². The van der Waals surface area contributed by atoms with Gasteiger partial charge in [-0.15, -0.1) is 0 Å². The second-order valence-corrected chi connectivity index (χ2v) is 5.45. The number of benzene rings is 1. The number of allylic oxidation sites excluding steroid dienone is 2. The largest absolute Gasteiger partial charge is 0.373 e. The quantitative estimate of drug-likeness (QED) is 0.816. The minimum absolute atomic E-state index is 0.100. The van der Waals surface area contributed by atoms with Gasteiger partial charge in [-0.25, -0.2) is 0 Å². The van der Waals surface area contributed by atoms with Crippen molar-refractivity contribution >= 4 is 11.6 Å². The number of hydrogen-bond acceptors (Lipinski definition) is 2. The molecule has 0 aromatic heterocycles. The Morgan fingerprint density at radius 2 is 2.21 bits per heavy atom. The SMILES string of the molecule is O=C(NCC1CC=CCC1)[C@@H]1Cc2ccccc2N1. The Bertz CT molecular complexity index is 470. The molecule has 3 rings (SSSR count). The van der Waals surface area contributed by atoms with E-state index in [1.54, 1.807) is 0 Å². The zero-order valence-corrected chi connectivity index (χ0v) is 11.1. The van der Waals surface area contributed by atoms with Crippen LogP contribution in [0.25, 0.3) is 0 Å². The molecule has 0 bridgehead atoms. The van der Waals surface area contributed by atoms with Crippen molar-refractivity contribution in [2.45, 2.75) is 31.7 Å². The van der Waals surface area contributed by atoms with Crippen LogP contribution in [-0.2, 0) is 11.2 Å². The molecule has 0 fully saturated rings. The zero-order chi connectivity index (χ0) is 13.1. The molecule has 0 radical (unpaired) electrons. The molecule has 1 amide bonds. The van der Waals surface area contributed by atoms with Crippen LogP contribution in [0.2, 0.25) is 0 Å². The number of nitrogens with one attached hydrogen (secondary N) is 2. The molecule has 1 aliphatic carbocycles. The molecule has 0 saturated carbocycles. The van der Waals surface area contributed by atoms with E-state index in [-0.39, 0.29) is 11.9 Å². The van der Waals surface area contributed by atoms with Gasteiger partial charge in [0.05, 0.1) is 0 Å². The van der Waals surface area contributed by atoms with Gasteiger partial charge in [-0.05, 0) is 36.8 Å². The maximum Gasteiger partial charge on any atom is 0.242 e. The van der Waals surface area contributed by atoms with E-state index in [2.05, 4.69) is 28.9 Å². The van der Waals surface area contributed by atoms with Crippen molar-refractivity contribution in [3.05, 3.63) is 42.0 Å². The molecule has 1 aromatic rings. The van der Waals surface area contributed by atoms with Crippen molar-refractivity contribution in [1.29, 1.82) is 0 Å². The lowest BCUT2D eigenvalue weighted by Crippen LogP contribution is -2.40. The lowest BCUT2D eigenvalue weighted by atomic mass is 9.94. The fraction of sp³-hybridized carbons (Fsp3) is 0.438. The summed E-state index contributed by atoms with van der Waals surface area (Å²) in [7, 11) is 0. The number of para-hydroxylation sites is 1. The molecule has 3 heteroatoms. The molecular weight excluding hydrogens is 236 g/mol. The van der Waals surface area contributed by atoms with Gasteiger partial charge in [-0.3, -0.25) is 4.79 Å². The molecule has 0 saturated heterocycles. The fourth-order valence-corrected chi connectivity index (χ4v) is 2.87. The van der Waals surface area contributed by atoms with E-state index in [0.29, 0.717) is 5.92 Å². The summed E-state index contributed by atoms with van der Waals surface area (Å²) < 4.78 is 0. The highest BCUT2D eigenvalue weighted by Crippen LogP contribution is 2.25. The van der Waals surface area contributed by atoms with Crippen LogP contribution in [0.15, 0.2) is 36.4 Å². The summed E-state index contributed by atoms with van der Waals surface area (Å²) in [5, 5.41) is 6.39. The third kappa shape index (κ3) is 2.80. The molecular formula is C16H20N2O. The molecule has 2 aliphatic rings. The van der Waals surface area contributed by atoms with Crippen molar-refractivity contribution < 1.29 is 4.79 Å². The highest BCUT2D eigenvalue weighted by molar-refractivity contribution is 5.87. The van der Waals surface area contributed by atoms with E-state index in [1.807, 2.05) is 18.2 Å². The minimum atomic E-state index is -0.100. The number of hydrogen-bond donors (Lipinski definition) is 2. The summed E-state index contributed by atoms with van der Waals surface area (Å²) in [6.07, 6.45) is 8.69. The van der Waals surface area contributed by atoms with Crippen LogP contribution >= 0.6 is 0 Å². The van der Waals surface area contributed by atoms with Crippen LogP contribution in [0.1, 0.15) is 24.8 Å². The number of carbonyl (C=O) groups excluding carboxylic acids is 1. The predicted octanol–water partition coefficient (Wildman–Crippen LogP) is 2.50. The molecule has 0 spiro atoms. The Morgan fingerprint density at radius 3 is 3.00 bits per heavy atom. The van der Waals surface area contributed by atoms with Gasteiger partial charge in [0.15, 0.2) is 0 Å². The summed E-state index contributed by atoms with van der Waals surface area (Å²) in [4.78, 5) is 12.2. The number of fused-ring (bicyclic) bond motifs is 1. The summed E-state index contributed by atoms with van der Waals surface area (Å²) in [6.45, 7) is 0.803. The Kier molecular flexibility index (Phi) is 3.53. The number of rotatable bonds is 3. The standard InChI is InChI=1S/C16H20N2O/c19-16(17-11-12-6-2-1-3-7-12)15-10-13-8-4-5-9-14(13)18-15/h1-2,4-5,8-9,12,15,18H,3,6-7,10-11H2,(H,17,19)/t12?,15-/m0/s1. The first kappa shape index (κ1) is 12.3. The number of anilines is 1. The number of amides is 1. The van der Waals surface area contributed by atoms with E-state index in [9.17, 15) is 4.79 Å². The third-order valence-corrected chi connectivity index (χ3v) is 4.03. The zero-order valence-electron chi connectivity index (χ0n) is 11.1. The van der Waals surface area contributed by atoms with Gasteiger partial charge in [0.25, 0.3) is 0 Å². The molecule has 1 heterocycles. The van der Waals surface area contributed by atoms with Gasteiger partial charge in [-0.1, -0.05) is 30.4 Å². The molecule has 1 aliphatic heterocycles. The molecule has 2 atom stereocenters. The fourth-order valence-electron chi connectivity index (χ4n) is 2.87. The minimum Gasteiger partial charge on any atom is -0.373 e. The van der Waals surface area contributed by atoms with Crippen LogP contribution in [-0.4, -0.2) is 18.5 Å². The molecule has 1 unspecified atom stereocenters. The van der Waals surface area contributed by atoms with E-state index >= 15 is 0 Å². The second-order valence-electron chi connectivity index (χ2n) is 5.45. The first-order chi connectivity index (χ1) is 9.33. The molecule has 2 N–H and O–H groups in total. The van der Waals surface area contributed by atoms with Crippen molar-refractivity contribution in [1.82, 2.24) is 5.32 Å². The van der Waals surface area contributed by atoms with Crippen molar-refractivity contribution in [3.8, 4) is 0 Å². The number of carbonyl (C=O) groups is 1. The third-order valence-electron chi connectivity index (χ3n) is 4.03. The van der Waals surface area contributed by atoms with E-state index in [4.69, 9.17) is 0 Å². The lowest BCUT2D eigenvalue weighted by molar-refractivity contribution is -0.121. The van der Waals surface area contributed by atoms with E-state index in [0.717, 1.165) is 31.5 Å². The summed E-state index contributed by atoms with van der Waals surface area (Å²) in [6, 6.07) is 8.04. The van der Waals surface area contributed by atoms with E-state index in [1.165, 1.54) is 12.0 Å². The monoisotopic (exact) mass is 256 g/mol. The lowest BCUT2D eigenvalue weighted by Gasteiger charge is -2.19. The van der Waals surface area contributed by atoms with Crippen LogP contribution in [0.3, 0.4) is 0 Å². The van der Waals surface area contributed by atoms with Gasteiger partial charge in [-0.2, -0.15) is 0 Å². The Balaban J connectivity index is 1.51. The van der Waals surface area contributed by atoms with Gasteiger partial charge in [0, 0.05) is 18.7 Å². The highest BCUT2D eigenvalue weighted by atomic mass is 16.2. The maximum atomic E-state index is 12.2. The van der Waals surface area contributed by atoms with Crippen LogP contribution in [0, 0.1) is 5.92 Å². The summed E-state index contributed by atoms with van der Waals surface area (Å²) >= 11 is 0. The first-order valence-electron chi connectivity index (χ1n) is 7.10. The van der Waals surface area contributed by atoms with Crippen molar-refractivity contribution in [3.63, 3.8) is 0 Å². The maximum absolute atomic E-state index is 12.2. The normalized spacial score (nSPS) is 24.6. The Labute approximate surface area is 114 Å². The van der Waals surface area contributed by atoms with Crippen LogP contribution in [0.4, 0.5) is 5.69 Å². The smallest absolute Gasteiger partial charge is 0.242 e. The summed E-state index contributed by atoms with van der Waals surface area (Å²) in [5.41, 5.74) is 2.34. The molecule has 100 valence electrons. The highest BCUT2D eigenvalue weighted by Gasteiger charge is 2.26. The van der Waals surface area contributed by atoms with Crippen LogP contribution in [0.5, 0.6) is 0 Å². The van der Waals surface area contributed by atoms with Gasteiger partial charge in [0.1, 0.15) is 6.04 Å².